The minimum absolute atomic E-state index is 0.103. The third kappa shape index (κ3) is 3.80. The van der Waals surface area contributed by atoms with E-state index in [2.05, 4.69) is 9.97 Å². The summed E-state index contributed by atoms with van der Waals surface area (Å²) in [7, 11) is 0. The van der Waals surface area contributed by atoms with Crippen LogP contribution in [0.4, 0.5) is 8.78 Å². The van der Waals surface area contributed by atoms with Gasteiger partial charge < -0.3 is 14.6 Å². The molecule has 1 amide bonds. The van der Waals surface area contributed by atoms with E-state index in [9.17, 15) is 18.4 Å². The summed E-state index contributed by atoms with van der Waals surface area (Å²) >= 11 is 0. The number of morpholine rings is 1. The molecule has 1 unspecified atom stereocenters. The molecule has 2 aliphatic rings. The fourth-order valence-electron chi connectivity index (χ4n) is 3.31. The number of alkyl halides is 2. The molecule has 0 spiro atoms. The number of aromatic nitrogens is 2. The number of carbonyl (C=O) groups excluding carboxylic acids is 1. The molecule has 0 bridgehead atoms. The first-order valence-corrected chi connectivity index (χ1v) is 8.20. The maximum absolute atomic E-state index is 13.3. The first-order chi connectivity index (χ1) is 11.3. The number of nitrogens with zero attached hydrogens (tertiary/aromatic N) is 2. The van der Waals surface area contributed by atoms with Crippen LogP contribution in [0.15, 0.2) is 10.9 Å². The highest BCUT2D eigenvalue weighted by atomic mass is 19.3. The van der Waals surface area contributed by atoms with Crippen LogP contribution in [0.3, 0.4) is 0 Å². The topological polar surface area (TPSA) is 75.3 Å². The van der Waals surface area contributed by atoms with Crippen LogP contribution in [0, 0.1) is 12.8 Å². The monoisotopic (exact) mass is 341 g/mol. The van der Waals surface area contributed by atoms with Gasteiger partial charge >= 0.3 is 0 Å². The van der Waals surface area contributed by atoms with Gasteiger partial charge in [0.05, 0.1) is 13.2 Å². The lowest BCUT2D eigenvalue weighted by Crippen LogP contribution is -2.46. The Morgan fingerprint density at radius 2 is 2.12 bits per heavy atom. The van der Waals surface area contributed by atoms with E-state index >= 15 is 0 Å². The Kier molecular flexibility index (Phi) is 4.67. The van der Waals surface area contributed by atoms with Crippen molar-refractivity contribution < 1.29 is 18.3 Å². The third-order valence-corrected chi connectivity index (χ3v) is 4.64. The van der Waals surface area contributed by atoms with Crippen molar-refractivity contribution in [2.75, 3.05) is 19.7 Å². The van der Waals surface area contributed by atoms with Crippen LogP contribution in [0.25, 0.3) is 0 Å². The number of aryl methyl sites for hydroxylation is 1. The molecule has 1 N–H and O–H groups in total. The molecular weight excluding hydrogens is 320 g/mol. The largest absolute Gasteiger partial charge is 0.367 e. The molecule has 1 saturated carbocycles. The zero-order valence-electron chi connectivity index (χ0n) is 13.6. The van der Waals surface area contributed by atoms with Gasteiger partial charge in [0.2, 0.25) is 11.8 Å². The average Bonchev–Trinajstić information content (AvgIpc) is 2.53. The highest BCUT2D eigenvalue weighted by molar-refractivity contribution is 5.79. The van der Waals surface area contributed by atoms with Crippen molar-refractivity contribution in [3.8, 4) is 0 Å². The number of ether oxygens (including phenoxy) is 1. The Balaban J connectivity index is 1.67. The lowest BCUT2D eigenvalue weighted by molar-refractivity contribution is -0.147. The van der Waals surface area contributed by atoms with Crippen molar-refractivity contribution in [2.24, 2.45) is 5.92 Å². The van der Waals surface area contributed by atoms with E-state index in [1.807, 2.05) is 0 Å². The van der Waals surface area contributed by atoms with Gasteiger partial charge in [-0.3, -0.25) is 9.59 Å². The Morgan fingerprint density at radius 1 is 1.42 bits per heavy atom. The van der Waals surface area contributed by atoms with E-state index in [-0.39, 0.29) is 49.6 Å². The molecule has 2 fully saturated rings. The highest BCUT2D eigenvalue weighted by Gasteiger charge is 2.39. The van der Waals surface area contributed by atoms with E-state index in [1.54, 1.807) is 11.8 Å². The van der Waals surface area contributed by atoms with Gasteiger partial charge in [-0.05, 0) is 19.8 Å². The molecule has 1 atom stereocenters. The Bertz CT molecular complexity index is 667. The molecule has 1 aromatic heterocycles. The van der Waals surface area contributed by atoms with Gasteiger partial charge in [0, 0.05) is 37.1 Å². The number of halogens is 2. The van der Waals surface area contributed by atoms with Crippen molar-refractivity contribution in [2.45, 2.75) is 44.6 Å². The van der Waals surface area contributed by atoms with Crippen molar-refractivity contribution in [1.29, 1.82) is 0 Å². The van der Waals surface area contributed by atoms with Crippen molar-refractivity contribution in [3.05, 3.63) is 27.9 Å². The van der Waals surface area contributed by atoms with Crippen molar-refractivity contribution >= 4 is 5.91 Å². The van der Waals surface area contributed by atoms with Gasteiger partial charge in [0.15, 0.2) is 0 Å². The number of H-pyrrole nitrogens is 1. The summed E-state index contributed by atoms with van der Waals surface area (Å²) < 4.78 is 32.1. The van der Waals surface area contributed by atoms with Crippen LogP contribution < -0.4 is 5.56 Å². The number of aromatic amines is 1. The molecular formula is C16H21F2N3O3. The molecule has 1 aliphatic carbocycles. The molecule has 1 aliphatic heterocycles. The molecule has 6 nitrogen and oxygen atoms in total. The first kappa shape index (κ1) is 17.0. The minimum atomic E-state index is -2.64. The fourth-order valence-corrected chi connectivity index (χ4v) is 3.31. The molecule has 0 aromatic carbocycles. The van der Waals surface area contributed by atoms with E-state index in [0.29, 0.717) is 24.7 Å². The molecule has 132 valence electrons. The zero-order chi connectivity index (χ0) is 17.3. The van der Waals surface area contributed by atoms with Crippen LogP contribution in [-0.4, -0.2) is 46.4 Å². The molecule has 8 heteroatoms. The molecule has 3 rings (SSSR count). The number of carbonyl (C=O) groups is 1. The van der Waals surface area contributed by atoms with Gasteiger partial charge in [-0.2, -0.15) is 0 Å². The second kappa shape index (κ2) is 6.58. The number of amides is 1. The van der Waals surface area contributed by atoms with Crippen molar-refractivity contribution in [3.63, 3.8) is 0 Å². The third-order valence-electron chi connectivity index (χ3n) is 4.64. The second-order valence-electron chi connectivity index (χ2n) is 6.55. The number of hydrogen-bond donors (Lipinski definition) is 1. The fraction of sp³-hybridized carbons (Fsp3) is 0.688. The van der Waals surface area contributed by atoms with Crippen LogP contribution in [0.2, 0.25) is 0 Å². The highest BCUT2D eigenvalue weighted by Crippen LogP contribution is 2.37. The summed E-state index contributed by atoms with van der Waals surface area (Å²) in [5, 5.41) is 0. The summed E-state index contributed by atoms with van der Waals surface area (Å²) in [6.07, 6.45) is -0.533. The Morgan fingerprint density at radius 3 is 2.79 bits per heavy atom. The molecule has 2 heterocycles. The number of nitrogens with one attached hydrogen (secondary N) is 1. The smallest absolute Gasteiger partial charge is 0.251 e. The second-order valence-corrected chi connectivity index (χ2v) is 6.55. The summed E-state index contributed by atoms with van der Waals surface area (Å²) in [6, 6.07) is 1.39. The van der Waals surface area contributed by atoms with Crippen LogP contribution in [0.5, 0.6) is 0 Å². The maximum Gasteiger partial charge on any atom is 0.251 e. The molecule has 1 saturated heterocycles. The molecule has 24 heavy (non-hydrogen) atoms. The molecule has 1 aromatic rings. The minimum Gasteiger partial charge on any atom is -0.367 e. The van der Waals surface area contributed by atoms with E-state index in [4.69, 9.17) is 4.74 Å². The summed E-state index contributed by atoms with van der Waals surface area (Å²) in [5.74, 6) is -2.70. The first-order valence-electron chi connectivity index (χ1n) is 8.20. The van der Waals surface area contributed by atoms with E-state index in [1.165, 1.54) is 6.07 Å². The molecule has 0 radical (unpaired) electrons. The normalized spacial score (nSPS) is 24.8. The predicted octanol–water partition coefficient (Wildman–Crippen LogP) is 1.80. The van der Waals surface area contributed by atoms with Gasteiger partial charge in [-0.15, -0.1) is 0 Å². The SMILES string of the molecule is Cc1cc(=O)[nH]c(C2CN(C(=O)C3CCC(F)(F)CC3)CCO2)n1. The average molecular weight is 341 g/mol. The van der Waals surface area contributed by atoms with Gasteiger partial charge in [0.1, 0.15) is 11.9 Å². The van der Waals surface area contributed by atoms with Crippen LogP contribution in [-0.2, 0) is 9.53 Å². The van der Waals surface area contributed by atoms with Gasteiger partial charge in [-0.1, -0.05) is 0 Å². The lowest BCUT2D eigenvalue weighted by atomic mass is 9.85. The van der Waals surface area contributed by atoms with Gasteiger partial charge in [-0.25, -0.2) is 13.8 Å². The lowest BCUT2D eigenvalue weighted by Gasteiger charge is -2.36. The van der Waals surface area contributed by atoms with Gasteiger partial charge in [0.25, 0.3) is 5.56 Å². The van der Waals surface area contributed by atoms with Crippen molar-refractivity contribution in [1.82, 2.24) is 14.9 Å². The Hall–Kier alpha value is -1.83. The predicted molar refractivity (Wildman–Crippen MR) is 81.8 cm³/mol. The number of hydrogen-bond acceptors (Lipinski definition) is 4. The number of rotatable bonds is 2. The van der Waals surface area contributed by atoms with Crippen LogP contribution >= 0.6 is 0 Å². The maximum atomic E-state index is 13.3. The van der Waals surface area contributed by atoms with E-state index in [0.717, 1.165) is 0 Å². The Labute approximate surface area is 138 Å². The van der Waals surface area contributed by atoms with E-state index < -0.39 is 12.0 Å². The summed E-state index contributed by atoms with van der Waals surface area (Å²) in [4.78, 5) is 32.7. The van der Waals surface area contributed by atoms with Crippen LogP contribution in [0.1, 0.15) is 43.3 Å². The zero-order valence-corrected chi connectivity index (χ0v) is 13.6. The quantitative estimate of drug-likeness (QED) is 0.890. The standard InChI is InChI=1S/C16H21F2N3O3/c1-10-8-13(22)20-14(19-10)12-9-21(6-7-24-12)15(23)11-2-4-16(17,18)5-3-11/h8,11-12H,2-7,9H2,1H3,(H,19,20,22). The summed E-state index contributed by atoms with van der Waals surface area (Å²) in [6.45, 7) is 2.75. The summed E-state index contributed by atoms with van der Waals surface area (Å²) in [5.41, 5.74) is 0.314.